The fraction of sp³-hybridized carbons (Fsp3) is 0.0714. The lowest BCUT2D eigenvalue weighted by atomic mass is 9.98. The van der Waals surface area contributed by atoms with Gasteiger partial charge in [0.2, 0.25) is 5.91 Å². The number of amides is 1. The molecule has 0 saturated heterocycles. The maximum Gasteiger partial charge on any atom is 0.417 e. The summed E-state index contributed by atoms with van der Waals surface area (Å²) in [4.78, 5) is 11.1. The van der Waals surface area contributed by atoms with Gasteiger partial charge in [0.15, 0.2) is 0 Å². The number of halogens is 4. The summed E-state index contributed by atoms with van der Waals surface area (Å²) in [7, 11) is 0. The summed E-state index contributed by atoms with van der Waals surface area (Å²) >= 11 is 5.86. The van der Waals surface area contributed by atoms with E-state index in [9.17, 15) is 18.0 Å². The highest BCUT2D eigenvalue weighted by Gasteiger charge is 2.33. The number of hydrogen-bond donors (Lipinski definition) is 1. The molecule has 0 aliphatic rings. The number of benzene rings is 2. The van der Waals surface area contributed by atoms with Crippen molar-refractivity contribution in [2.24, 2.45) is 5.73 Å². The molecule has 0 fully saturated rings. The van der Waals surface area contributed by atoms with Gasteiger partial charge in [-0.25, -0.2) is 0 Å². The fourth-order valence-corrected chi connectivity index (χ4v) is 2.14. The Balaban J connectivity index is 2.59. The van der Waals surface area contributed by atoms with E-state index in [1.807, 2.05) is 0 Å². The molecule has 6 heteroatoms. The largest absolute Gasteiger partial charge is 0.417 e. The van der Waals surface area contributed by atoms with Crippen LogP contribution in [0.15, 0.2) is 42.5 Å². The Bertz CT molecular complexity index is 668. The van der Waals surface area contributed by atoms with Crippen LogP contribution in [0.1, 0.15) is 15.9 Å². The average molecular weight is 300 g/mol. The van der Waals surface area contributed by atoms with Gasteiger partial charge in [-0.3, -0.25) is 4.79 Å². The van der Waals surface area contributed by atoms with Gasteiger partial charge in [-0.2, -0.15) is 13.2 Å². The second kappa shape index (κ2) is 5.17. The second-order valence-corrected chi connectivity index (χ2v) is 4.51. The van der Waals surface area contributed by atoms with E-state index >= 15 is 0 Å². The van der Waals surface area contributed by atoms with Crippen molar-refractivity contribution in [2.75, 3.05) is 0 Å². The summed E-state index contributed by atoms with van der Waals surface area (Å²) in [6, 6.07) is 9.14. The molecule has 0 heterocycles. The molecule has 0 aromatic heterocycles. The minimum absolute atomic E-state index is 0.00193. The number of rotatable bonds is 2. The Labute approximate surface area is 118 Å². The van der Waals surface area contributed by atoms with Crippen molar-refractivity contribution < 1.29 is 18.0 Å². The molecule has 2 nitrogen and oxygen atoms in total. The minimum Gasteiger partial charge on any atom is -0.366 e. The summed E-state index contributed by atoms with van der Waals surface area (Å²) in [6.07, 6.45) is -4.47. The Morgan fingerprint density at radius 2 is 1.75 bits per heavy atom. The number of carbonyl (C=O) groups excluding carboxylic acids is 1. The highest BCUT2D eigenvalue weighted by Crippen LogP contribution is 2.37. The van der Waals surface area contributed by atoms with Gasteiger partial charge in [0.1, 0.15) is 0 Å². The van der Waals surface area contributed by atoms with E-state index in [-0.39, 0.29) is 21.7 Å². The van der Waals surface area contributed by atoms with Crippen molar-refractivity contribution >= 4 is 17.5 Å². The lowest BCUT2D eigenvalue weighted by molar-refractivity contribution is -0.137. The Morgan fingerprint density at radius 3 is 2.30 bits per heavy atom. The van der Waals surface area contributed by atoms with Crippen LogP contribution >= 0.6 is 11.6 Å². The zero-order valence-corrected chi connectivity index (χ0v) is 10.8. The lowest BCUT2D eigenvalue weighted by Crippen LogP contribution is -2.11. The molecule has 2 N–H and O–H groups in total. The summed E-state index contributed by atoms with van der Waals surface area (Å²) in [6.45, 7) is 0. The Morgan fingerprint density at radius 1 is 1.10 bits per heavy atom. The van der Waals surface area contributed by atoms with Gasteiger partial charge in [-0.15, -0.1) is 0 Å². The van der Waals surface area contributed by atoms with E-state index in [4.69, 9.17) is 17.3 Å². The monoisotopic (exact) mass is 299 g/mol. The number of nitrogens with two attached hydrogens (primary N) is 1. The standard InChI is InChI=1S/C14H9ClF3NO/c15-12-7-8(5-6-10(12)13(19)20)9-3-1-2-4-11(9)14(16,17)18/h1-7H,(H2,19,20). The molecule has 0 bridgehead atoms. The van der Waals surface area contributed by atoms with Gasteiger partial charge in [0, 0.05) is 0 Å². The highest BCUT2D eigenvalue weighted by molar-refractivity contribution is 6.34. The van der Waals surface area contributed by atoms with Crippen LogP contribution in [0, 0.1) is 0 Å². The molecule has 0 aliphatic heterocycles. The molecule has 2 aromatic carbocycles. The summed E-state index contributed by atoms with van der Waals surface area (Å²) in [5, 5.41) is 0.0203. The normalized spacial score (nSPS) is 11.4. The molecule has 0 aliphatic carbocycles. The molecule has 0 atom stereocenters. The number of carbonyl (C=O) groups is 1. The predicted octanol–water partition coefficient (Wildman–Crippen LogP) is 4.12. The van der Waals surface area contributed by atoms with Crippen molar-refractivity contribution in [3.8, 4) is 11.1 Å². The van der Waals surface area contributed by atoms with Crippen LogP contribution in [0.3, 0.4) is 0 Å². The molecule has 0 unspecified atom stereocenters. The first-order valence-corrected chi connectivity index (χ1v) is 5.94. The molecule has 0 saturated carbocycles. The third-order valence-corrected chi connectivity index (χ3v) is 3.09. The Kier molecular flexibility index (Phi) is 3.72. The maximum absolute atomic E-state index is 12.9. The zero-order valence-electron chi connectivity index (χ0n) is 10.0. The van der Waals surface area contributed by atoms with E-state index < -0.39 is 17.6 Å². The summed E-state index contributed by atoms with van der Waals surface area (Å²) < 4.78 is 38.8. The third-order valence-electron chi connectivity index (χ3n) is 2.78. The summed E-state index contributed by atoms with van der Waals surface area (Å²) in [5.41, 5.74) is 4.68. The van der Waals surface area contributed by atoms with Crippen LogP contribution < -0.4 is 5.73 Å². The van der Waals surface area contributed by atoms with Gasteiger partial charge < -0.3 is 5.73 Å². The Hall–Kier alpha value is -2.01. The number of alkyl halides is 3. The molecule has 0 radical (unpaired) electrons. The fourth-order valence-electron chi connectivity index (χ4n) is 1.86. The van der Waals surface area contributed by atoms with Crippen molar-refractivity contribution in [1.29, 1.82) is 0 Å². The zero-order chi connectivity index (χ0) is 14.9. The van der Waals surface area contributed by atoms with Gasteiger partial charge in [0.25, 0.3) is 0 Å². The molecular formula is C14H9ClF3NO. The molecule has 20 heavy (non-hydrogen) atoms. The third kappa shape index (κ3) is 2.77. The number of hydrogen-bond acceptors (Lipinski definition) is 1. The SMILES string of the molecule is NC(=O)c1ccc(-c2ccccc2C(F)(F)F)cc1Cl. The first-order valence-electron chi connectivity index (χ1n) is 5.56. The lowest BCUT2D eigenvalue weighted by Gasteiger charge is -2.13. The quantitative estimate of drug-likeness (QED) is 0.890. The molecule has 0 spiro atoms. The van der Waals surface area contributed by atoms with Gasteiger partial charge in [-0.05, 0) is 29.3 Å². The van der Waals surface area contributed by atoms with Crippen LogP contribution in [0.2, 0.25) is 5.02 Å². The van der Waals surface area contributed by atoms with Crippen molar-refractivity contribution in [3.05, 3.63) is 58.6 Å². The van der Waals surface area contributed by atoms with E-state index in [0.29, 0.717) is 0 Å². The molecule has 2 rings (SSSR count). The minimum atomic E-state index is -4.47. The first-order chi connectivity index (χ1) is 9.30. The van der Waals surface area contributed by atoms with Gasteiger partial charge in [-0.1, -0.05) is 35.9 Å². The second-order valence-electron chi connectivity index (χ2n) is 4.10. The molecule has 104 valence electrons. The van der Waals surface area contributed by atoms with E-state index in [1.54, 1.807) is 0 Å². The van der Waals surface area contributed by atoms with Crippen molar-refractivity contribution in [3.63, 3.8) is 0 Å². The topological polar surface area (TPSA) is 43.1 Å². The van der Waals surface area contributed by atoms with Crippen molar-refractivity contribution in [1.82, 2.24) is 0 Å². The highest BCUT2D eigenvalue weighted by atomic mass is 35.5. The van der Waals surface area contributed by atoms with Crippen molar-refractivity contribution in [2.45, 2.75) is 6.18 Å². The smallest absolute Gasteiger partial charge is 0.366 e. The van der Waals surface area contributed by atoms with Gasteiger partial charge >= 0.3 is 6.18 Å². The summed E-state index contributed by atoms with van der Waals surface area (Å²) in [5.74, 6) is -0.731. The predicted molar refractivity (Wildman–Crippen MR) is 70.4 cm³/mol. The number of primary amides is 1. The van der Waals surface area contributed by atoms with Crippen LogP contribution in [-0.4, -0.2) is 5.91 Å². The first kappa shape index (κ1) is 14.4. The average Bonchev–Trinajstić information content (AvgIpc) is 2.37. The molecule has 2 aromatic rings. The van der Waals surface area contributed by atoms with Crippen LogP contribution in [-0.2, 0) is 6.18 Å². The molecule has 1 amide bonds. The molecular weight excluding hydrogens is 291 g/mol. The van der Waals surface area contributed by atoms with Crippen LogP contribution in [0.4, 0.5) is 13.2 Å². The van der Waals surface area contributed by atoms with E-state index in [2.05, 4.69) is 0 Å². The van der Waals surface area contributed by atoms with Crippen LogP contribution in [0.5, 0.6) is 0 Å². The maximum atomic E-state index is 12.9. The van der Waals surface area contributed by atoms with E-state index in [1.165, 1.54) is 36.4 Å². The van der Waals surface area contributed by atoms with Gasteiger partial charge in [0.05, 0.1) is 16.1 Å². The van der Waals surface area contributed by atoms with E-state index in [0.717, 1.165) is 6.07 Å². The van der Waals surface area contributed by atoms with Crippen LogP contribution in [0.25, 0.3) is 11.1 Å².